The van der Waals surface area contributed by atoms with Crippen LogP contribution in [0.15, 0.2) is 29.1 Å². The highest BCUT2D eigenvalue weighted by Gasteiger charge is 2.04. The highest BCUT2D eigenvalue weighted by molar-refractivity contribution is 5.74. The lowest BCUT2D eigenvalue weighted by Crippen LogP contribution is -2.21. The zero-order chi connectivity index (χ0) is 14.4. The molecule has 0 fully saturated rings. The monoisotopic (exact) mass is 277 g/mol. The van der Waals surface area contributed by atoms with Gasteiger partial charge >= 0.3 is 11.8 Å². The van der Waals surface area contributed by atoms with Crippen LogP contribution >= 0.6 is 0 Å². The smallest absolute Gasteiger partial charge is 0.404 e. The number of carboxylic acid groups (broad SMARTS) is 1. The number of amides is 1. The number of H-pyrrole nitrogens is 1. The summed E-state index contributed by atoms with van der Waals surface area (Å²) >= 11 is 0. The molecule has 0 saturated carbocycles. The summed E-state index contributed by atoms with van der Waals surface area (Å²) in [7, 11) is 0. The predicted octanol–water partition coefficient (Wildman–Crippen LogP) is 2.16. The lowest BCUT2D eigenvalue weighted by atomic mass is 10.2. The summed E-state index contributed by atoms with van der Waals surface area (Å²) < 4.78 is 1.75. The number of fused-ring (bicyclic) bond motifs is 1. The summed E-state index contributed by atoms with van der Waals surface area (Å²) in [6, 6.07) is 7.65. The molecule has 6 heteroatoms. The number of hydrogen-bond donors (Lipinski definition) is 3. The molecule has 20 heavy (non-hydrogen) atoms. The number of hydrogen-bond acceptors (Lipinski definition) is 2. The molecule has 0 atom stereocenters. The molecule has 0 saturated heterocycles. The third-order valence-corrected chi connectivity index (χ3v) is 3.27. The molecule has 2 aromatic rings. The number of para-hydroxylation sites is 2. The Hall–Kier alpha value is -2.24. The Morgan fingerprint density at radius 1 is 1.20 bits per heavy atom. The summed E-state index contributed by atoms with van der Waals surface area (Å²) in [5.41, 5.74) is 1.73. The lowest BCUT2D eigenvalue weighted by Gasteiger charge is -2.04. The second-order valence-corrected chi connectivity index (χ2v) is 4.75. The van der Waals surface area contributed by atoms with Crippen LogP contribution in [0.4, 0.5) is 4.79 Å². The van der Waals surface area contributed by atoms with Crippen molar-refractivity contribution < 1.29 is 9.90 Å². The molecule has 108 valence electrons. The Morgan fingerprint density at radius 2 is 1.95 bits per heavy atom. The van der Waals surface area contributed by atoms with Crippen molar-refractivity contribution in [1.29, 1.82) is 0 Å². The van der Waals surface area contributed by atoms with Crippen molar-refractivity contribution in [3.05, 3.63) is 34.7 Å². The molecule has 1 heterocycles. The number of aryl methyl sites for hydroxylation is 1. The largest absolute Gasteiger partial charge is 0.465 e. The van der Waals surface area contributed by atoms with Crippen LogP contribution in [0.3, 0.4) is 0 Å². The number of nitrogens with zero attached hydrogens (tertiary/aromatic N) is 1. The molecule has 1 amide bonds. The van der Waals surface area contributed by atoms with E-state index in [0.717, 1.165) is 36.7 Å². The van der Waals surface area contributed by atoms with Crippen LogP contribution in [0, 0.1) is 0 Å². The summed E-state index contributed by atoms with van der Waals surface area (Å²) in [5, 5.41) is 10.8. The molecular formula is C14H19N3O3. The van der Waals surface area contributed by atoms with Crippen molar-refractivity contribution in [2.45, 2.75) is 32.2 Å². The van der Waals surface area contributed by atoms with E-state index in [1.54, 1.807) is 4.57 Å². The molecule has 3 N–H and O–H groups in total. The first kappa shape index (κ1) is 14.2. The van der Waals surface area contributed by atoms with Gasteiger partial charge in [0.2, 0.25) is 0 Å². The standard InChI is InChI=1S/C14H19N3O3/c18-13-16-11-7-3-4-8-12(11)17(13)10-6-2-1-5-9-15-14(19)20/h3-4,7-8,15H,1-2,5-6,9-10H2,(H,16,18)(H,19,20). The molecule has 0 aliphatic carbocycles. The van der Waals surface area contributed by atoms with E-state index >= 15 is 0 Å². The van der Waals surface area contributed by atoms with Crippen molar-refractivity contribution in [1.82, 2.24) is 14.9 Å². The Morgan fingerprint density at radius 3 is 2.75 bits per heavy atom. The fraction of sp³-hybridized carbons (Fsp3) is 0.429. The van der Waals surface area contributed by atoms with Crippen LogP contribution in [0.1, 0.15) is 25.7 Å². The second kappa shape index (κ2) is 6.79. The number of aromatic nitrogens is 2. The average molecular weight is 277 g/mol. The van der Waals surface area contributed by atoms with Gasteiger partial charge in [0.25, 0.3) is 0 Å². The van der Waals surface area contributed by atoms with Gasteiger partial charge in [-0.15, -0.1) is 0 Å². The maximum absolute atomic E-state index is 11.8. The molecule has 0 aliphatic rings. The molecule has 1 aromatic carbocycles. The SMILES string of the molecule is O=C(O)NCCCCCCn1c(=O)[nH]c2ccccc21. The first-order valence-corrected chi connectivity index (χ1v) is 6.83. The molecule has 0 spiro atoms. The number of nitrogens with one attached hydrogen (secondary N) is 2. The first-order chi connectivity index (χ1) is 9.68. The van der Waals surface area contributed by atoms with E-state index in [1.165, 1.54) is 0 Å². The van der Waals surface area contributed by atoms with E-state index < -0.39 is 6.09 Å². The van der Waals surface area contributed by atoms with Crippen molar-refractivity contribution in [3.63, 3.8) is 0 Å². The molecule has 1 aromatic heterocycles. The highest BCUT2D eigenvalue weighted by atomic mass is 16.4. The van der Waals surface area contributed by atoms with Crippen LogP contribution in [0.2, 0.25) is 0 Å². The van der Waals surface area contributed by atoms with E-state index in [1.807, 2.05) is 24.3 Å². The summed E-state index contributed by atoms with van der Waals surface area (Å²) in [6.07, 6.45) is 2.70. The quantitative estimate of drug-likeness (QED) is 0.678. The minimum absolute atomic E-state index is 0.0706. The van der Waals surface area contributed by atoms with Gasteiger partial charge in [-0.2, -0.15) is 0 Å². The molecule has 2 rings (SSSR count). The van der Waals surface area contributed by atoms with Gasteiger partial charge in [0, 0.05) is 13.1 Å². The van der Waals surface area contributed by atoms with Crippen molar-refractivity contribution >= 4 is 17.1 Å². The number of carbonyl (C=O) groups is 1. The van der Waals surface area contributed by atoms with Gasteiger partial charge in [-0.05, 0) is 25.0 Å². The summed E-state index contributed by atoms with van der Waals surface area (Å²) in [4.78, 5) is 24.9. The van der Waals surface area contributed by atoms with Crippen LogP contribution < -0.4 is 11.0 Å². The molecular weight excluding hydrogens is 258 g/mol. The average Bonchev–Trinajstić information content (AvgIpc) is 2.73. The van der Waals surface area contributed by atoms with E-state index in [0.29, 0.717) is 13.1 Å². The van der Waals surface area contributed by atoms with Gasteiger partial charge in [-0.1, -0.05) is 25.0 Å². The minimum Gasteiger partial charge on any atom is -0.465 e. The van der Waals surface area contributed by atoms with Crippen LogP contribution in [-0.4, -0.2) is 27.3 Å². The third kappa shape index (κ3) is 3.63. The Labute approximate surface area is 116 Å². The second-order valence-electron chi connectivity index (χ2n) is 4.75. The molecule has 0 radical (unpaired) electrons. The minimum atomic E-state index is -0.977. The number of unbranched alkanes of at least 4 members (excludes halogenated alkanes) is 3. The highest BCUT2D eigenvalue weighted by Crippen LogP contribution is 2.10. The van der Waals surface area contributed by atoms with E-state index in [2.05, 4.69) is 10.3 Å². The number of rotatable bonds is 7. The van der Waals surface area contributed by atoms with E-state index in [9.17, 15) is 9.59 Å². The zero-order valence-electron chi connectivity index (χ0n) is 11.3. The normalized spacial score (nSPS) is 10.8. The molecule has 0 aliphatic heterocycles. The van der Waals surface area contributed by atoms with Crippen LogP contribution in [-0.2, 0) is 6.54 Å². The summed E-state index contributed by atoms with van der Waals surface area (Å²) in [6.45, 7) is 1.18. The van der Waals surface area contributed by atoms with Crippen LogP contribution in [0.25, 0.3) is 11.0 Å². The van der Waals surface area contributed by atoms with Crippen LogP contribution in [0.5, 0.6) is 0 Å². The Kier molecular flexibility index (Phi) is 4.81. The maximum atomic E-state index is 11.8. The first-order valence-electron chi connectivity index (χ1n) is 6.83. The van der Waals surface area contributed by atoms with Gasteiger partial charge in [0.15, 0.2) is 0 Å². The number of benzene rings is 1. The van der Waals surface area contributed by atoms with Gasteiger partial charge in [-0.25, -0.2) is 9.59 Å². The van der Waals surface area contributed by atoms with Crippen molar-refractivity contribution in [2.75, 3.05) is 6.54 Å². The topological polar surface area (TPSA) is 87.1 Å². The maximum Gasteiger partial charge on any atom is 0.404 e. The molecule has 0 bridgehead atoms. The summed E-state index contributed by atoms with van der Waals surface area (Å²) in [5.74, 6) is 0. The number of aromatic amines is 1. The lowest BCUT2D eigenvalue weighted by molar-refractivity contribution is 0.194. The fourth-order valence-corrected chi connectivity index (χ4v) is 2.27. The zero-order valence-corrected chi connectivity index (χ0v) is 11.3. The predicted molar refractivity (Wildman–Crippen MR) is 77.1 cm³/mol. The molecule has 6 nitrogen and oxygen atoms in total. The fourth-order valence-electron chi connectivity index (χ4n) is 2.27. The van der Waals surface area contributed by atoms with Gasteiger partial charge in [0.1, 0.15) is 0 Å². The molecule has 0 unspecified atom stereocenters. The van der Waals surface area contributed by atoms with E-state index in [4.69, 9.17) is 5.11 Å². The Bertz CT molecular complexity index is 630. The Balaban J connectivity index is 1.77. The van der Waals surface area contributed by atoms with E-state index in [-0.39, 0.29) is 5.69 Å². The van der Waals surface area contributed by atoms with Gasteiger partial charge in [0.05, 0.1) is 11.0 Å². The van der Waals surface area contributed by atoms with Gasteiger partial charge < -0.3 is 15.4 Å². The number of imidazole rings is 1. The van der Waals surface area contributed by atoms with Crippen molar-refractivity contribution in [3.8, 4) is 0 Å². The van der Waals surface area contributed by atoms with Crippen molar-refractivity contribution in [2.24, 2.45) is 0 Å². The van der Waals surface area contributed by atoms with Gasteiger partial charge in [-0.3, -0.25) is 4.57 Å². The third-order valence-electron chi connectivity index (χ3n) is 3.27.